The van der Waals surface area contributed by atoms with Gasteiger partial charge in [0.1, 0.15) is 48.8 Å². The zero-order valence-corrected chi connectivity index (χ0v) is 42.6. The third-order valence-electron chi connectivity index (χ3n) is 13.7. The number of unbranched alkanes of at least 4 members (excludes halogenated alkanes) is 26. The number of carbonyl (C=O) groups is 1. The first kappa shape index (κ1) is 62.6. The Morgan fingerprint density at radius 2 is 0.971 bits per heavy atom. The predicted octanol–water partition coefficient (Wildman–Crippen LogP) is 8.11. The summed E-state index contributed by atoms with van der Waals surface area (Å²) < 4.78 is 22.8. The first-order valence-corrected chi connectivity index (χ1v) is 27.6. The fraction of sp³-hybridized carbons (Fsp3) is 0.907. The molecule has 12 atom stereocenters. The molecule has 2 saturated heterocycles. The number of carbonyl (C=O) groups excluding carboxylic acids is 1. The number of hydrogen-bond acceptors (Lipinski definition) is 13. The van der Waals surface area contributed by atoms with Gasteiger partial charge in [-0.15, -0.1) is 0 Å². The topological polar surface area (TPSA) is 228 Å². The maximum atomic E-state index is 13.2. The van der Waals surface area contributed by atoms with E-state index in [0.29, 0.717) is 12.8 Å². The minimum absolute atomic E-state index is 0.211. The number of amides is 1. The van der Waals surface area contributed by atoms with Crippen LogP contribution in [-0.4, -0.2) is 140 Å². The van der Waals surface area contributed by atoms with Gasteiger partial charge in [0.25, 0.3) is 0 Å². The fourth-order valence-corrected chi connectivity index (χ4v) is 9.15. The van der Waals surface area contributed by atoms with Gasteiger partial charge in [-0.2, -0.15) is 0 Å². The summed E-state index contributed by atoms with van der Waals surface area (Å²) in [6.45, 7) is 2.83. The maximum absolute atomic E-state index is 13.2. The van der Waals surface area contributed by atoms with E-state index in [1.807, 2.05) is 0 Å². The standard InChI is InChI=1S/C54H101NO13/c1-3-5-7-9-11-13-15-17-19-20-21-22-24-26-28-30-32-34-36-38-46(59)55-42(43(58)37-35-33-31-29-27-25-23-18-16-14-12-10-8-6-4-2)41-65-53-51(64)49(62)52(45(40-57)67-53)68-54-50(63)48(61)47(60)44(39-56)66-54/h11,13,17,19,42-45,47-54,56-58,60-64H,3-10,12,14-16,18,20-41H2,1-2H3,(H,55,59)/b13-11-,19-17-. The normalized spacial score (nSPS) is 26.5. The van der Waals surface area contributed by atoms with E-state index in [9.17, 15) is 45.6 Å². The fourth-order valence-electron chi connectivity index (χ4n) is 9.15. The van der Waals surface area contributed by atoms with Crippen LogP contribution in [0.4, 0.5) is 0 Å². The summed E-state index contributed by atoms with van der Waals surface area (Å²) in [5, 5.41) is 87.1. The average molecular weight is 972 g/mol. The highest BCUT2D eigenvalue weighted by Gasteiger charge is 2.51. The monoisotopic (exact) mass is 972 g/mol. The second-order valence-electron chi connectivity index (χ2n) is 19.7. The lowest BCUT2D eigenvalue weighted by molar-refractivity contribution is -0.359. The molecule has 9 N–H and O–H groups in total. The molecule has 12 unspecified atom stereocenters. The number of aliphatic hydroxyl groups excluding tert-OH is 8. The highest BCUT2D eigenvalue weighted by molar-refractivity contribution is 5.76. The minimum atomic E-state index is -1.78. The van der Waals surface area contributed by atoms with Gasteiger partial charge in [0.15, 0.2) is 12.6 Å². The summed E-state index contributed by atoms with van der Waals surface area (Å²) in [5.74, 6) is -0.211. The summed E-state index contributed by atoms with van der Waals surface area (Å²) in [7, 11) is 0. The van der Waals surface area contributed by atoms with E-state index in [2.05, 4.69) is 43.5 Å². The average Bonchev–Trinajstić information content (AvgIpc) is 3.34. The molecule has 2 aliphatic rings. The van der Waals surface area contributed by atoms with Crippen molar-refractivity contribution >= 4 is 5.91 Å². The van der Waals surface area contributed by atoms with E-state index in [0.717, 1.165) is 64.2 Å². The molecule has 2 fully saturated rings. The Kier molecular flexibility index (Phi) is 37.7. The molecule has 0 aromatic carbocycles. The molecule has 0 radical (unpaired) electrons. The first-order valence-electron chi connectivity index (χ1n) is 27.6. The van der Waals surface area contributed by atoms with E-state index >= 15 is 0 Å². The van der Waals surface area contributed by atoms with Crippen molar-refractivity contribution in [3.8, 4) is 0 Å². The molecule has 14 nitrogen and oxygen atoms in total. The summed E-state index contributed by atoms with van der Waals surface area (Å²) in [5.41, 5.74) is 0. The first-order chi connectivity index (χ1) is 33.1. The van der Waals surface area contributed by atoms with Crippen LogP contribution in [0.2, 0.25) is 0 Å². The largest absolute Gasteiger partial charge is 0.394 e. The third-order valence-corrected chi connectivity index (χ3v) is 13.7. The summed E-state index contributed by atoms with van der Waals surface area (Å²) in [6, 6.07) is -0.828. The molecule has 2 heterocycles. The molecular weight excluding hydrogens is 871 g/mol. The molecule has 2 aliphatic heterocycles. The molecule has 68 heavy (non-hydrogen) atoms. The molecule has 14 heteroatoms. The second-order valence-corrected chi connectivity index (χ2v) is 19.7. The van der Waals surface area contributed by atoms with Crippen LogP contribution in [0, 0.1) is 0 Å². The van der Waals surface area contributed by atoms with Gasteiger partial charge in [0, 0.05) is 6.42 Å². The number of nitrogens with one attached hydrogen (secondary N) is 1. The van der Waals surface area contributed by atoms with Crippen molar-refractivity contribution in [2.24, 2.45) is 0 Å². The van der Waals surface area contributed by atoms with Gasteiger partial charge in [-0.25, -0.2) is 0 Å². The Labute approximate surface area is 411 Å². The van der Waals surface area contributed by atoms with E-state index in [1.54, 1.807) is 0 Å². The minimum Gasteiger partial charge on any atom is -0.394 e. The smallest absolute Gasteiger partial charge is 0.220 e. The van der Waals surface area contributed by atoms with E-state index in [4.69, 9.17) is 18.9 Å². The van der Waals surface area contributed by atoms with E-state index in [1.165, 1.54) is 128 Å². The van der Waals surface area contributed by atoms with Gasteiger partial charge in [0.05, 0.1) is 32.0 Å². The van der Waals surface area contributed by atoms with Crippen molar-refractivity contribution in [1.82, 2.24) is 5.32 Å². The van der Waals surface area contributed by atoms with Gasteiger partial charge < -0.3 is 65.1 Å². The molecule has 0 saturated carbocycles. The van der Waals surface area contributed by atoms with Gasteiger partial charge >= 0.3 is 0 Å². The van der Waals surface area contributed by atoms with Gasteiger partial charge in [-0.1, -0.05) is 192 Å². The zero-order valence-electron chi connectivity index (χ0n) is 42.6. The van der Waals surface area contributed by atoms with Crippen molar-refractivity contribution in [2.45, 2.75) is 293 Å². The number of allylic oxidation sites excluding steroid dienone is 4. The second kappa shape index (κ2) is 41.0. The van der Waals surface area contributed by atoms with Crippen LogP contribution in [0.1, 0.15) is 219 Å². The van der Waals surface area contributed by atoms with Crippen molar-refractivity contribution in [2.75, 3.05) is 19.8 Å². The molecule has 0 bridgehead atoms. The van der Waals surface area contributed by atoms with Crippen LogP contribution in [0.5, 0.6) is 0 Å². The van der Waals surface area contributed by atoms with Crippen LogP contribution in [-0.2, 0) is 23.7 Å². The van der Waals surface area contributed by atoms with Crippen LogP contribution >= 0.6 is 0 Å². The van der Waals surface area contributed by atoms with Crippen molar-refractivity contribution in [3.63, 3.8) is 0 Å². The number of aliphatic hydroxyl groups is 8. The van der Waals surface area contributed by atoms with Crippen LogP contribution in [0.25, 0.3) is 0 Å². The van der Waals surface area contributed by atoms with Gasteiger partial charge in [0.2, 0.25) is 5.91 Å². The Morgan fingerprint density at radius 3 is 1.50 bits per heavy atom. The molecule has 1 amide bonds. The molecule has 400 valence electrons. The maximum Gasteiger partial charge on any atom is 0.220 e. The van der Waals surface area contributed by atoms with Crippen LogP contribution in [0.3, 0.4) is 0 Å². The summed E-state index contributed by atoms with van der Waals surface area (Å²) in [4.78, 5) is 13.2. The Hall–Kier alpha value is -1.53. The summed E-state index contributed by atoms with van der Waals surface area (Å²) >= 11 is 0. The number of rotatable bonds is 43. The number of ether oxygens (including phenoxy) is 4. The predicted molar refractivity (Wildman–Crippen MR) is 268 cm³/mol. The van der Waals surface area contributed by atoms with Crippen molar-refractivity contribution < 1.29 is 64.6 Å². The lowest BCUT2D eigenvalue weighted by Crippen LogP contribution is -2.65. The molecule has 0 aliphatic carbocycles. The van der Waals surface area contributed by atoms with Crippen LogP contribution < -0.4 is 5.32 Å². The van der Waals surface area contributed by atoms with E-state index in [-0.39, 0.29) is 12.5 Å². The highest BCUT2D eigenvalue weighted by Crippen LogP contribution is 2.30. The quantitative estimate of drug-likeness (QED) is 0.0208. The summed E-state index contributed by atoms with van der Waals surface area (Å²) in [6.07, 6.45) is 28.8. The lowest BCUT2D eigenvalue weighted by Gasteiger charge is -2.46. The zero-order chi connectivity index (χ0) is 49.6. The van der Waals surface area contributed by atoms with Crippen molar-refractivity contribution in [1.29, 1.82) is 0 Å². The Balaban J connectivity index is 1.79. The van der Waals surface area contributed by atoms with Gasteiger partial charge in [-0.3, -0.25) is 4.79 Å². The highest BCUT2D eigenvalue weighted by atomic mass is 16.7. The molecule has 0 aromatic rings. The molecule has 2 rings (SSSR count). The van der Waals surface area contributed by atoms with Gasteiger partial charge in [-0.05, 0) is 44.9 Å². The Morgan fingerprint density at radius 1 is 0.529 bits per heavy atom. The number of hydrogen-bond donors (Lipinski definition) is 9. The molecule has 0 spiro atoms. The molecule has 0 aromatic heterocycles. The lowest BCUT2D eigenvalue weighted by atomic mass is 9.97. The SMILES string of the molecule is CCCCC/C=C\C/C=C\CCCCCCCCCCCC(=O)NC(COC1OC(CO)C(OC2OC(CO)C(O)C(O)C2O)C(O)C1O)C(O)CCCCCCCCCCCCCCCCC. The van der Waals surface area contributed by atoms with Crippen molar-refractivity contribution in [3.05, 3.63) is 24.3 Å². The van der Waals surface area contributed by atoms with Crippen LogP contribution in [0.15, 0.2) is 24.3 Å². The van der Waals surface area contributed by atoms with E-state index < -0.39 is 86.8 Å². The third kappa shape index (κ3) is 27.3. The Bertz CT molecular complexity index is 1240. The molecular formula is C54H101NO13.